The summed E-state index contributed by atoms with van der Waals surface area (Å²) in [6.45, 7) is 7.83. The van der Waals surface area contributed by atoms with Gasteiger partial charge in [0.1, 0.15) is 17.2 Å². The number of carbonyl (C=O) groups excluding carboxylic acids is 2. The largest absolute Gasteiger partial charge is 0.494 e. The van der Waals surface area contributed by atoms with E-state index in [4.69, 9.17) is 9.47 Å². The maximum absolute atomic E-state index is 14.5. The van der Waals surface area contributed by atoms with Crippen LogP contribution in [0.2, 0.25) is 0 Å². The summed E-state index contributed by atoms with van der Waals surface area (Å²) in [5, 5.41) is 0. The number of benzene rings is 1. The summed E-state index contributed by atoms with van der Waals surface area (Å²) in [6.07, 6.45) is 3.55. The number of halogens is 1. The molecule has 2 saturated heterocycles. The lowest BCUT2D eigenvalue weighted by Crippen LogP contribution is -2.56. The van der Waals surface area contributed by atoms with E-state index in [1.807, 2.05) is 32.6 Å². The number of nitrogens with zero attached hydrogens (tertiary/aromatic N) is 1. The second-order valence-corrected chi connectivity index (χ2v) is 8.73. The molecule has 0 aromatic heterocycles. The average Bonchev–Trinajstić information content (AvgIpc) is 2.59. The summed E-state index contributed by atoms with van der Waals surface area (Å²) >= 11 is 0. The van der Waals surface area contributed by atoms with Crippen molar-refractivity contribution in [2.75, 3.05) is 6.61 Å². The highest BCUT2D eigenvalue weighted by atomic mass is 19.1. The van der Waals surface area contributed by atoms with Gasteiger partial charge in [-0.15, -0.1) is 0 Å². The van der Waals surface area contributed by atoms with Gasteiger partial charge in [-0.1, -0.05) is 0 Å². The summed E-state index contributed by atoms with van der Waals surface area (Å²) in [4.78, 5) is 27.5. The number of rotatable bonds is 4. The standard InChI is InChI=1S/C22H30FNO4/c1-5-27-17-9-10-18(19(23)13-17)20(25)14-11-15-7-6-8-16(12-14)24(15)21(26)28-22(2,3)4/h9-10,13-16H,5-8,11-12H2,1-4H3. The van der Waals surface area contributed by atoms with Crippen molar-refractivity contribution >= 4 is 11.9 Å². The molecule has 6 heteroatoms. The fourth-order valence-corrected chi connectivity index (χ4v) is 4.38. The molecule has 2 aliphatic rings. The zero-order valence-electron chi connectivity index (χ0n) is 17.2. The van der Waals surface area contributed by atoms with Crippen molar-refractivity contribution in [3.05, 3.63) is 29.6 Å². The lowest BCUT2D eigenvalue weighted by molar-refractivity contribution is -0.0261. The van der Waals surface area contributed by atoms with E-state index in [9.17, 15) is 14.0 Å². The minimum absolute atomic E-state index is 0.0259. The Morgan fingerprint density at radius 2 is 1.82 bits per heavy atom. The molecule has 1 aromatic rings. The lowest BCUT2D eigenvalue weighted by Gasteiger charge is -2.48. The third-order valence-electron chi connectivity index (χ3n) is 5.47. The molecule has 0 N–H and O–H groups in total. The first-order valence-electron chi connectivity index (χ1n) is 10.2. The van der Waals surface area contributed by atoms with Crippen LogP contribution in [0.15, 0.2) is 18.2 Å². The van der Waals surface area contributed by atoms with Crippen LogP contribution < -0.4 is 4.74 Å². The van der Waals surface area contributed by atoms with Crippen molar-refractivity contribution in [1.82, 2.24) is 4.90 Å². The summed E-state index contributed by atoms with van der Waals surface area (Å²) in [5.74, 6) is -0.577. The Balaban J connectivity index is 1.74. The highest BCUT2D eigenvalue weighted by Gasteiger charge is 2.44. The number of fused-ring (bicyclic) bond motifs is 2. The molecular formula is C22H30FNO4. The number of piperidine rings is 2. The van der Waals surface area contributed by atoms with Gasteiger partial charge in [-0.3, -0.25) is 4.79 Å². The van der Waals surface area contributed by atoms with Crippen LogP contribution in [0.1, 0.15) is 70.2 Å². The molecule has 1 aromatic carbocycles. The second-order valence-electron chi connectivity index (χ2n) is 8.73. The maximum atomic E-state index is 14.5. The quantitative estimate of drug-likeness (QED) is 0.680. The first-order chi connectivity index (χ1) is 13.2. The van der Waals surface area contributed by atoms with E-state index in [0.717, 1.165) is 19.3 Å². The first kappa shape index (κ1) is 20.6. The van der Waals surface area contributed by atoms with E-state index < -0.39 is 11.4 Å². The van der Waals surface area contributed by atoms with Crippen molar-refractivity contribution in [1.29, 1.82) is 0 Å². The summed E-state index contributed by atoms with van der Waals surface area (Å²) in [7, 11) is 0. The predicted octanol–water partition coefficient (Wildman–Crippen LogP) is 4.98. The molecule has 2 fully saturated rings. The van der Waals surface area contributed by atoms with Gasteiger partial charge in [0, 0.05) is 24.1 Å². The summed E-state index contributed by atoms with van der Waals surface area (Å²) in [5.41, 5.74) is -0.444. The fraction of sp³-hybridized carbons (Fsp3) is 0.636. The maximum Gasteiger partial charge on any atom is 0.410 e. The highest BCUT2D eigenvalue weighted by Crippen LogP contribution is 2.39. The van der Waals surface area contributed by atoms with Gasteiger partial charge in [-0.25, -0.2) is 9.18 Å². The normalized spacial score (nSPS) is 24.6. The van der Waals surface area contributed by atoms with Gasteiger partial charge >= 0.3 is 6.09 Å². The molecule has 1 amide bonds. The van der Waals surface area contributed by atoms with Crippen LogP contribution in [-0.2, 0) is 4.74 Å². The zero-order valence-corrected chi connectivity index (χ0v) is 17.2. The lowest BCUT2D eigenvalue weighted by atomic mass is 9.76. The van der Waals surface area contributed by atoms with Crippen molar-refractivity contribution < 1.29 is 23.5 Å². The minimum atomic E-state index is -0.552. The molecule has 0 spiro atoms. The minimum Gasteiger partial charge on any atom is -0.494 e. The van der Waals surface area contributed by atoms with E-state index in [-0.39, 0.29) is 35.4 Å². The van der Waals surface area contributed by atoms with E-state index in [2.05, 4.69) is 0 Å². The monoisotopic (exact) mass is 391 g/mol. The van der Waals surface area contributed by atoms with Gasteiger partial charge in [0.25, 0.3) is 0 Å². The molecule has 154 valence electrons. The van der Waals surface area contributed by atoms with Gasteiger partial charge in [0.2, 0.25) is 0 Å². The average molecular weight is 391 g/mol. The third-order valence-corrected chi connectivity index (χ3v) is 5.47. The Labute approximate surface area is 166 Å². The number of hydrogen-bond donors (Lipinski definition) is 0. The first-order valence-corrected chi connectivity index (χ1v) is 10.2. The smallest absolute Gasteiger partial charge is 0.410 e. The van der Waals surface area contributed by atoms with Gasteiger partial charge in [-0.05, 0) is 71.9 Å². The SMILES string of the molecule is CCOc1ccc(C(=O)C2CC3CCCC(C2)N3C(=O)OC(C)(C)C)c(F)c1. The Kier molecular flexibility index (Phi) is 5.96. The molecule has 2 atom stereocenters. The van der Waals surface area contributed by atoms with Gasteiger partial charge in [-0.2, -0.15) is 0 Å². The molecule has 28 heavy (non-hydrogen) atoms. The summed E-state index contributed by atoms with van der Waals surface area (Å²) in [6, 6.07) is 4.37. The zero-order chi connectivity index (χ0) is 20.5. The molecule has 2 bridgehead atoms. The Hall–Kier alpha value is -2.11. The van der Waals surface area contributed by atoms with Crippen molar-refractivity contribution in [2.24, 2.45) is 5.92 Å². The molecule has 2 heterocycles. The van der Waals surface area contributed by atoms with Gasteiger partial charge in [0.05, 0.1) is 12.2 Å². The Bertz CT molecular complexity index is 729. The van der Waals surface area contributed by atoms with Crippen LogP contribution in [0.25, 0.3) is 0 Å². The number of ketones is 1. The van der Waals surface area contributed by atoms with Crippen LogP contribution in [0.4, 0.5) is 9.18 Å². The van der Waals surface area contributed by atoms with Crippen molar-refractivity contribution in [3.8, 4) is 5.75 Å². The van der Waals surface area contributed by atoms with E-state index in [0.29, 0.717) is 25.2 Å². The van der Waals surface area contributed by atoms with E-state index in [1.54, 1.807) is 6.07 Å². The number of amides is 1. The van der Waals surface area contributed by atoms with Gasteiger partial charge < -0.3 is 14.4 Å². The highest BCUT2D eigenvalue weighted by molar-refractivity contribution is 5.98. The second kappa shape index (κ2) is 8.10. The number of ether oxygens (including phenoxy) is 2. The fourth-order valence-electron chi connectivity index (χ4n) is 4.38. The molecule has 0 saturated carbocycles. The number of hydrogen-bond acceptors (Lipinski definition) is 4. The molecule has 0 radical (unpaired) electrons. The van der Waals surface area contributed by atoms with Crippen molar-refractivity contribution in [2.45, 2.75) is 77.5 Å². The molecule has 3 rings (SSSR count). The Morgan fingerprint density at radius 1 is 1.18 bits per heavy atom. The van der Waals surface area contributed by atoms with Crippen LogP contribution in [0.5, 0.6) is 5.75 Å². The van der Waals surface area contributed by atoms with E-state index in [1.165, 1.54) is 12.1 Å². The van der Waals surface area contributed by atoms with Crippen LogP contribution in [0, 0.1) is 11.7 Å². The predicted molar refractivity (Wildman–Crippen MR) is 104 cm³/mol. The Morgan fingerprint density at radius 3 is 2.36 bits per heavy atom. The number of Topliss-reactive ketones (excluding diaryl/α,β-unsaturated/α-hetero) is 1. The van der Waals surface area contributed by atoms with Crippen molar-refractivity contribution in [3.63, 3.8) is 0 Å². The molecule has 2 aliphatic heterocycles. The van der Waals surface area contributed by atoms with Gasteiger partial charge in [0.15, 0.2) is 5.78 Å². The number of carbonyl (C=O) groups is 2. The molecular weight excluding hydrogens is 361 g/mol. The summed E-state index contributed by atoms with van der Waals surface area (Å²) < 4.78 is 25.4. The van der Waals surface area contributed by atoms with Crippen LogP contribution >= 0.6 is 0 Å². The molecule has 0 aliphatic carbocycles. The topological polar surface area (TPSA) is 55.8 Å². The van der Waals surface area contributed by atoms with Crippen LogP contribution in [-0.4, -0.2) is 41.1 Å². The van der Waals surface area contributed by atoms with E-state index >= 15 is 0 Å². The van der Waals surface area contributed by atoms with Crippen LogP contribution in [0.3, 0.4) is 0 Å². The molecule has 5 nitrogen and oxygen atoms in total. The molecule has 2 unspecified atom stereocenters. The third kappa shape index (κ3) is 4.47.